The first-order chi connectivity index (χ1) is 5.41. The average Bonchev–Trinajstić information content (AvgIpc) is 1.92. The summed E-state index contributed by atoms with van der Waals surface area (Å²) >= 11 is 0. The van der Waals surface area contributed by atoms with E-state index in [1.54, 1.807) is 6.07 Å². The lowest BCUT2D eigenvalue weighted by Gasteiger charge is -2.17. The fourth-order valence-corrected chi connectivity index (χ4v) is 0.903. The quantitative estimate of drug-likeness (QED) is 0.613. The van der Waals surface area contributed by atoms with E-state index in [0.717, 1.165) is 5.69 Å². The molecular formula is C9H13NO2. The molecule has 0 spiro atoms. The minimum Gasteiger partial charge on any atom is -0.503 e. The zero-order chi connectivity index (χ0) is 9.35. The van der Waals surface area contributed by atoms with Crippen LogP contribution in [-0.4, -0.2) is 10.1 Å². The second-order valence-corrected chi connectivity index (χ2v) is 3.84. The summed E-state index contributed by atoms with van der Waals surface area (Å²) in [5, 5.41) is 8.97. The lowest BCUT2D eigenvalue weighted by molar-refractivity contribution is 0.462. The van der Waals surface area contributed by atoms with Crippen LogP contribution in [0.25, 0.3) is 0 Å². The standard InChI is InChI=1S/C9H13NO2/c1-9(2,3)7-5-4-6(11)8(12)10-7/h4-5,11H,1-3H3,(H,10,12). The van der Waals surface area contributed by atoms with E-state index in [2.05, 4.69) is 4.98 Å². The Labute approximate surface area is 71.1 Å². The molecule has 12 heavy (non-hydrogen) atoms. The van der Waals surface area contributed by atoms with Crippen LogP contribution in [-0.2, 0) is 5.41 Å². The summed E-state index contributed by atoms with van der Waals surface area (Å²) < 4.78 is 0. The van der Waals surface area contributed by atoms with Crippen molar-refractivity contribution in [3.63, 3.8) is 0 Å². The highest BCUT2D eigenvalue weighted by atomic mass is 16.3. The minimum absolute atomic E-state index is 0.0904. The fourth-order valence-electron chi connectivity index (χ4n) is 0.903. The number of aromatic nitrogens is 1. The van der Waals surface area contributed by atoms with E-state index >= 15 is 0 Å². The van der Waals surface area contributed by atoms with Gasteiger partial charge in [0.25, 0.3) is 5.56 Å². The molecule has 3 heteroatoms. The second kappa shape index (κ2) is 2.66. The van der Waals surface area contributed by atoms with Crippen LogP contribution >= 0.6 is 0 Å². The van der Waals surface area contributed by atoms with Crippen LogP contribution in [0.2, 0.25) is 0 Å². The number of rotatable bonds is 0. The highest BCUT2D eigenvalue weighted by Crippen LogP contribution is 2.18. The molecule has 0 aliphatic heterocycles. The molecule has 0 bridgehead atoms. The molecule has 1 heterocycles. The number of aromatic hydroxyl groups is 1. The first kappa shape index (κ1) is 8.84. The molecule has 66 valence electrons. The maximum absolute atomic E-state index is 11.0. The van der Waals surface area contributed by atoms with Gasteiger partial charge in [-0.1, -0.05) is 20.8 Å². The van der Waals surface area contributed by atoms with Crippen LogP contribution < -0.4 is 5.56 Å². The minimum atomic E-state index is -0.428. The Balaban J connectivity index is 3.23. The SMILES string of the molecule is CC(C)(C)c1ccc(O)c(=O)[nH]1. The van der Waals surface area contributed by atoms with Crippen LogP contribution in [0.1, 0.15) is 26.5 Å². The van der Waals surface area contributed by atoms with Crippen molar-refractivity contribution in [2.45, 2.75) is 26.2 Å². The van der Waals surface area contributed by atoms with Crippen molar-refractivity contribution in [3.05, 3.63) is 28.2 Å². The maximum Gasteiger partial charge on any atom is 0.290 e. The maximum atomic E-state index is 11.0. The first-order valence-electron chi connectivity index (χ1n) is 3.84. The smallest absolute Gasteiger partial charge is 0.290 e. The molecule has 0 aliphatic rings. The van der Waals surface area contributed by atoms with Gasteiger partial charge in [0, 0.05) is 11.1 Å². The van der Waals surface area contributed by atoms with Crippen LogP contribution in [0.4, 0.5) is 0 Å². The Morgan fingerprint density at radius 1 is 1.33 bits per heavy atom. The molecule has 0 radical (unpaired) electrons. The molecule has 0 aliphatic carbocycles. The summed E-state index contributed by atoms with van der Waals surface area (Å²) in [4.78, 5) is 13.6. The molecule has 1 rings (SSSR count). The molecule has 0 aromatic carbocycles. The topological polar surface area (TPSA) is 53.1 Å². The zero-order valence-corrected chi connectivity index (χ0v) is 7.51. The predicted octanol–water partition coefficient (Wildman–Crippen LogP) is 1.38. The van der Waals surface area contributed by atoms with Gasteiger partial charge in [-0.3, -0.25) is 4.79 Å². The van der Waals surface area contributed by atoms with Gasteiger partial charge in [-0.15, -0.1) is 0 Å². The van der Waals surface area contributed by atoms with Crippen molar-refractivity contribution in [1.29, 1.82) is 0 Å². The van der Waals surface area contributed by atoms with Gasteiger partial charge in [-0.25, -0.2) is 0 Å². The van der Waals surface area contributed by atoms with Crippen LogP contribution in [0.15, 0.2) is 16.9 Å². The van der Waals surface area contributed by atoms with E-state index in [4.69, 9.17) is 5.11 Å². The Bertz CT molecular complexity index is 333. The normalized spacial score (nSPS) is 11.6. The molecule has 0 atom stereocenters. The lowest BCUT2D eigenvalue weighted by Crippen LogP contribution is -2.18. The van der Waals surface area contributed by atoms with E-state index in [1.165, 1.54) is 6.07 Å². The molecule has 1 aromatic rings. The number of hydrogen-bond donors (Lipinski definition) is 2. The number of hydrogen-bond acceptors (Lipinski definition) is 2. The van der Waals surface area contributed by atoms with Crippen LogP contribution in [0.5, 0.6) is 5.75 Å². The van der Waals surface area contributed by atoms with Crippen molar-refractivity contribution in [1.82, 2.24) is 4.98 Å². The Morgan fingerprint density at radius 2 is 1.92 bits per heavy atom. The van der Waals surface area contributed by atoms with Gasteiger partial charge < -0.3 is 10.1 Å². The first-order valence-corrected chi connectivity index (χ1v) is 3.84. The summed E-state index contributed by atoms with van der Waals surface area (Å²) in [6, 6.07) is 3.14. The number of H-pyrrole nitrogens is 1. The highest BCUT2D eigenvalue weighted by molar-refractivity contribution is 5.22. The Kier molecular flexibility index (Phi) is 1.96. The number of nitrogens with one attached hydrogen (secondary N) is 1. The van der Waals surface area contributed by atoms with Gasteiger partial charge in [0.15, 0.2) is 5.75 Å². The van der Waals surface area contributed by atoms with Gasteiger partial charge in [-0.2, -0.15) is 0 Å². The van der Waals surface area contributed by atoms with Crippen LogP contribution in [0, 0.1) is 0 Å². The number of aromatic amines is 1. The molecule has 3 nitrogen and oxygen atoms in total. The van der Waals surface area contributed by atoms with E-state index in [1.807, 2.05) is 20.8 Å². The highest BCUT2D eigenvalue weighted by Gasteiger charge is 2.14. The third kappa shape index (κ3) is 1.67. The summed E-state index contributed by atoms with van der Waals surface area (Å²) in [5.41, 5.74) is 0.306. The summed E-state index contributed by atoms with van der Waals surface area (Å²) in [6.45, 7) is 5.99. The van der Waals surface area contributed by atoms with E-state index in [9.17, 15) is 4.79 Å². The molecule has 0 amide bonds. The molecule has 2 N–H and O–H groups in total. The van der Waals surface area contributed by atoms with Crippen molar-refractivity contribution in [2.75, 3.05) is 0 Å². The number of pyridine rings is 1. The monoisotopic (exact) mass is 167 g/mol. The molecule has 0 saturated heterocycles. The van der Waals surface area contributed by atoms with Crippen molar-refractivity contribution in [2.24, 2.45) is 0 Å². The Morgan fingerprint density at radius 3 is 2.33 bits per heavy atom. The summed E-state index contributed by atoms with van der Waals surface area (Å²) in [6.07, 6.45) is 0. The molecule has 0 fully saturated rings. The van der Waals surface area contributed by atoms with Crippen molar-refractivity contribution >= 4 is 0 Å². The molecule has 1 aromatic heterocycles. The predicted molar refractivity (Wildman–Crippen MR) is 47.4 cm³/mol. The summed E-state index contributed by atoms with van der Waals surface area (Å²) in [7, 11) is 0. The van der Waals surface area contributed by atoms with Gasteiger partial charge in [0.1, 0.15) is 0 Å². The molecule has 0 saturated carbocycles. The Hall–Kier alpha value is -1.25. The summed E-state index contributed by atoms with van der Waals surface area (Å²) in [5.74, 6) is -0.233. The molecule has 0 unspecified atom stereocenters. The lowest BCUT2D eigenvalue weighted by atomic mass is 9.92. The second-order valence-electron chi connectivity index (χ2n) is 3.84. The third-order valence-corrected chi connectivity index (χ3v) is 1.70. The van der Waals surface area contributed by atoms with Crippen molar-refractivity contribution in [3.8, 4) is 5.75 Å². The fraction of sp³-hybridized carbons (Fsp3) is 0.444. The molecular weight excluding hydrogens is 154 g/mol. The van der Waals surface area contributed by atoms with Crippen molar-refractivity contribution < 1.29 is 5.11 Å². The van der Waals surface area contributed by atoms with E-state index in [0.29, 0.717) is 0 Å². The van der Waals surface area contributed by atoms with Crippen LogP contribution in [0.3, 0.4) is 0 Å². The zero-order valence-electron chi connectivity index (χ0n) is 7.51. The third-order valence-electron chi connectivity index (χ3n) is 1.70. The average molecular weight is 167 g/mol. The van der Waals surface area contributed by atoms with Gasteiger partial charge in [0.05, 0.1) is 0 Å². The van der Waals surface area contributed by atoms with Gasteiger partial charge in [0.2, 0.25) is 0 Å². The van der Waals surface area contributed by atoms with Gasteiger partial charge >= 0.3 is 0 Å². The van der Waals surface area contributed by atoms with Gasteiger partial charge in [-0.05, 0) is 12.1 Å². The van der Waals surface area contributed by atoms with E-state index in [-0.39, 0.29) is 11.2 Å². The van der Waals surface area contributed by atoms with E-state index < -0.39 is 5.56 Å². The largest absolute Gasteiger partial charge is 0.503 e.